The molecule has 2 aromatic carbocycles. The third-order valence-electron chi connectivity index (χ3n) is 5.39. The van der Waals surface area contributed by atoms with Crippen LogP contribution in [-0.2, 0) is 4.79 Å². The summed E-state index contributed by atoms with van der Waals surface area (Å²) in [6.45, 7) is 0. The first kappa shape index (κ1) is 20.9. The highest BCUT2D eigenvalue weighted by molar-refractivity contribution is 7.10. The van der Waals surface area contributed by atoms with Crippen LogP contribution in [0, 0.1) is 11.6 Å². The predicted molar refractivity (Wildman–Crippen MR) is 118 cm³/mol. The minimum absolute atomic E-state index is 0.119. The Labute approximate surface area is 189 Å². The summed E-state index contributed by atoms with van der Waals surface area (Å²) in [6, 6.07) is 11.6. The molecule has 0 radical (unpaired) electrons. The SMILES string of the molecule is COc1cccc2cc(C(=O)C3=C(O)C(=O)N(c4ccc(F)cc4F)C3c3cccs3)oc12. The van der Waals surface area contributed by atoms with Crippen molar-refractivity contribution in [3.8, 4) is 5.75 Å². The third kappa shape index (κ3) is 3.28. The zero-order valence-electron chi connectivity index (χ0n) is 17.0. The lowest BCUT2D eigenvalue weighted by Gasteiger charge is -2.25. The summed E-state index contributed by atoms with van der Waals surface area (Å²) in [5, 5.41) is 13.0. The van der Waals surface area contributed by atoms with Crippen molar-refractivity contribution in [2.75, 3.05) is 12.0 Å². The van der Waals surface area contributed by atoms with Gasteiger partial charge in [0.05, 0.1) is 18.4 Å². The van der Waals surface area contributed by atoms with Crippen molar-refractivity contribution < 1.29 is 32.6 Å². The minimum atomic E-state index is -1.12. The van der Waals surface area contributed by atoms with Crippen molar-refractivity contribution in [1.29, 1.82) is 0 Å². The number of hydrogen-bond donors (Lipinski definition) is 1. The normalized spacial score (nSPS) is 16.2. The number of fused-ring (bicyclic) bond motifs is 1. The number of thiophene rings is 1. The zero-order valence-corrected chi connectivity index (χ0v) is 17.9. The van der Waals surface area contributed by atoms with Crippen molar-refractivity contribution in [1.82, 2.24) is 0 Å². The highest BCUT2D eigenvalue weighted by Gasteiger charge is 2.46. The Balaban J connectivity index is 1.65. The quantitative estimate of drug-likeness (QED) is 0.389. The second-order valence-electron chi connectivity index (χ2n) is 7.27. The number of amides is 1. The van der Waals surface area contributed by atoms with Gasteiger partial charge in [-0.05, 0) is 35.7 Å². The van der Waals surface area contributed by atoms with Gasteiger partial charge >= 0.3 is 0 Å². The summed E-state index contributed by atoms with van der Waals surface area (Å²) in [4.78, 5) is 28.0. The number of halogens is 2. The number of aliphatic hydroxyl groups excluding tert-OH is 1. The Morgan fingerprint density at radius 1 is 1.15 bits per heavy atom. The second-order valence-corrected chi connectivity index (χ2v) is 8.25. The van der Waals surface area contributed by atoms with Crippen molar-refractivity contribution in [3.63, 3.8) is 0 Å². The first-order chi connectivity index (χ1) is 15.9. The fourth-order valence-electron chi connectivity index (χ4n) is 3.92. The fourth-order valence-corrected chi connectivity index (χ4v) is 4.74. The lowest BCUT2D eigenvalue weighted by atomic mass is 10.00. The van der Waals surface area contributed by atoms with Gasteiger partial charge in [-0.3, -0.25) is 14.5 Å². The Morgan fingerprint density at radius 2 is 1.97 bits per heavy atom. The summed E-state index contributed by atoms with van der Waals surface area (Å²) in [7, 11) is 1.46. The molecule has 0 fully saturated rings. The number of Topliss-reactive ketones (excluding diaryl/α,β-unsaturated/α-hetero) is 1. The van der Waals surface area contributed by atoms with Gasteiger partial charge in [-0.2, -0.15) is 0 Å². The van der Waals surface area contributed by atoms with Crippen LogP contribution in [0.4, 0.5) is 14.5 Å². The summed E-state index contributed by atoms with van der Waals surface area (Å²) < 4.78 is 39.1. The summed E-state index contributed by atoms with van der Waals surface area (Å²) in [5.74, 6) is -4.06. The maximum atomic E-state index is 14.6. The Hall–Kier alpha value is -3.98. The molecule has 1 atom stereocenters. The van der Waals surface area contributed by atoms with Gasteiger partial charge in [-0.15, -0.1) is 11.3 Å². The molecule has 2 aromatic heterocycles. The summed E-state index contributed by atoms with van der Waals surface area (Å²) in [6.07, 6.45) is 0. The topological polar surface area (TPSA) is 80.0 Å². The van der Waals surface area contributed by atoms with Crippen LogP contribution in [0.15, 0.2) is 75.7 Å². The van der Waals surface area contributed by atoms with Crippen molar-refractivity contribution in [2.24, 2.45) is 0 Å². The van der Waals surface area contributed by atoms with Crippen molar-refractivity contribution in [3.05, 3.63) is 93.6 Å². The van der Waals surface area contributed by atoms with Gasteiger partial charge in [0.25, 0.3) is 5.91 Å². The maximum Gasteiger partial charge on any atom is 0.294 e. The van der Waals surface area contributed by atoms with Crippen LogP contribution in [0.1, 0.15) is 21.5 Å². The number of methoxy groups -OCH3 is 1. The number of aliphatic hydroxyl groups is 1. The average Bonchev–Trinajstić information content (AvgIpc) is 3.53. The molecule has 1 N–H and O–H groups in total. The van der Waals surface area contributed by atoms with E-state index in [0.717, 1.165) is 17.0 Å². The van der Waals surface area contributed by atoms with Crippen LogP contribution in [0.2, 0.25) is 0 Å². The number of carbonyl (C=O) groups is 2. The summed E-state index contributed by atoms with van der Waals surface area (Å²) >= 11 is 1.22. The molecule has 166 valence electrons. The van der Waals surface area contributed by atoms with Crippen molar-refractivity contribution >= 4 is 39.7 Å². The van der Waals surface area contributed by atoms with Gasteiger partial charge in [0.15, 0.2) is 22.9 Å². The Morgan fingerprint density at radius 3 is 2.67 bits per heavy atom. The number of hydrogen-bond acceptors (Lipinski definition) is 6. The van der Waals surface area contributed by atoms with Crippen molar-refractivity contribution in [2.45, 2.75) is 6.04 Å². The van der Waals surface area contributed by atoms with E-state index in [2.05, 4.69) is 0 Å². The number of ketones is 1. The zero-order chi connectivity index (χ0) is 23.3. The lowest BCUT2D eigenvalue weighted by Crippen LogP contribution is -2.31. The van der Waals surface area contributed by atoms with Gasteiger partial charge in [-0.25, -0.2) is 8.78 Å². The Kier molecular flexibility index (Phi) is 4.98. The highest BCUT2D eigenvalue weighted by atomic mass is 32.1. The van der Waals surface area contributed by atoms with E-state index in [1.54, 1.807) is 35.7 Å². The number of benzene rings is 2. The van der Waals surface area contributed by atoms with E-state index in [9.17, 15) is 23.5 Å². The monoisotopic (exact) mass is 467 g/mol. The molecule has 0 saturated heterocycles. The first-order valence-corrected chi connectivity index (χ1v) is 10.6. The molecule has 4 aromatic rings. The van der Waals surface area contributed by atoms with Gasteiger partial charge < -0.3 is 14.3 Å². The maximum absolute atomic E-state index is 14.6. The molecule has 0 spiro atoms. The number of carbonyl (C=O) groups excluding carboxylic acids is 2. The number of para-hydroxylation sites is 1. The first-order valence-electron chi connectivity index (χ1n) is 9.77. The van der Waals surface area contributed by atoms with Crippen LogP contribution >= 0.6 is 11.3 Å². The second kappa shape index (κ2) is 7.86. The molecule has 1 amide bonds. The molecule has 1 aliphatic rings. The van der Waals surface area contributed by atoms with Crippen LogP contribution in [0.5, 0.6) is 5.75 Å². The molecule has 1 aliphatic heterocycles. The van der Waals surface area contributed by atoms with E-state index in [-0.39, 0.29) is 17.0 Å². The number of ether oxygens (including phenoxy) is 1. The minimum Gasteiger partial charge on any atom is -0.503 e. The number of furan rings is 1. The molecule has 5 rings (SSSR count). The van der Waals surface area contributed by atoms with Crippen LogP contribution in [-0.4, -0.2) is 23.9 Å². The van der Waals surface area contributed by atoms with E-state index in [4.69, 9.17) is 9.15 Å². The molecule has 0 aliphatic carbocycles. The van der Waals surface area contributed by atoms with Gasteiger partial charge in [0.2, 0.25) is 5.78 Å². The lowest BCUT2D eigenvalue weighted by molar-refractivity contribution is -0.117. The van der Waals surface area contributed by atoms with E-state index in [1.807, 2.05) is 0 Å². The van der Waals surface area contributed by atoms with Gasteiger partial charge in [0.1, 0.15) is 17.7 Å². The van der Waals surface area contributed by atoms with E-state index < -0.39 is 35.1 Å². The van der Waals surface area contributed by atoms with Crippen LogP contribution in [0.3, 0.4) is 0 Å². The molecule has 1 unspecified atom stereocenters. The highest BCUT2D eigenvalue weighted by Crippen LogP contribution is 2.44. The number of rotatable bonds is 5. The standard InChI is InChI=1S/C24H15F2NO5S/c1-31-16-5-2-4-12-10-17(32-23(12)16)21(28)19-20(18-6-3-9-33-18)27(24(30)22(19)29)15-8-7-13(25)11-14(15)26/h2-11,20,29H,1H3. The molecule has 33 heavy (non-hydrogen) atoms. The largest absolute Gasteiger partial charge is 0.503 e. The van der Waals surface area contributed by atoms with E-state index in [0.29, 0.717) is 27.7 Å². The molecule has 6 nitrogen and oxygen atoms in total. The molecular formula is C24H15F2NO5S. The predicted octanol–water partition coefficient (Wildman–Crippen LogP) is 5.56. The van der Waals surface area contributed by atoms with E-state index in [1.165, 1.54) is 24.5 Å². The molecule has 9 heteroatoms. The molecule has 3 heterocycles. The number of nitrogens with zero attached hydrogens (tertiary/aromatic N) is 1. The fraction of sp³-hybridized carbons (Fsp3) is 0.0833. The van der Waals surface area contributed by atoms with E-state index >= 15 is 0 Å². The van der Waals surface area contributed by atoms with Gasteiger partial charge in [0, 0.05) is 16.3 Å². The molecule has 0 saturated carbocycles. The Bertz CT molecular complexity index is 1440. The van der Waals surface area contributed by atoms with Crippen LogP contribution < -0.4 is 9.64 Å². The van der Waals surface area contributed by atoms with Gasteiger partial charge in [-0.1, -0.05) is 18.2 Å². The average molecular weight is 467 g/mol. The molecular weight excluding hydrogens is 452 g/mol. The third-order valence-corrected chi connectivity index (χ3v) is 6.31. The smallest absolute Gasteiger partial charge is 0.294 e. The molecule has 0 bridgehead atoms. The summed E-state index contributed by atoms with van der Waals surface area (Å²) in [5.41, 5.74) is -0.188. The number of anilines is 1. The van der Waals surface area contributed by atoms with Crippen LogP contribution in [0.25, 0.3) is 11.0 Å².